The van der Waals surface area contributed by atoms with Crippen molar-refractivity contribution in [2.75, 3.05) is 32.4 Å². The van der Waals surface area contributed by atoms with Crippen LogP contribution < -0.4 is 14.8 Å². The number of nitriles is 1. The summed E-state index contributed by atoms with van der Waals surface area (Å²) in [5.74, 6) is -0.887. The van der Waals surface area contributed by atoms with E-state index in [4.69, 9.17) is 34.8 Å². The quantitative estimate of drug-likeness (QED) is 0.205. The Morgan fingerprint density at radius 1 is 1.25 bits per heavy atom. The van der Waals surface area contributed by atoms with Crippen LogP contribution in [0.2, 0.25) is 5.02 Å². The number of fused-ring (bicyclic) bond motifs is 1. The summed E-state index contributed by atoms with van der Waals surface area (Å²) in [6.07, 6.45) is 2.83. The lowest BCUT2D eigenvalue weighted by Gasteiger charge is -2.16. The van der Waals surface area contributed by atoms with E-state index >= 15 is 0 Å². The number of benzene rings is 2. The predicted octanol–water partition coefficient (Wildman–Crippen LogP) is 6.11. The number of hydrogen-bond donors (Lipinski definition) is 1. The second kappa shape index (κ2) is 13.6. The highest BCUT2D eigenvalue weighted by atomic mass is 35.5. The zero-order valence-corrected chi connectivity index (χ0v) is 22.2. The zero-order valence-electron chi connectivity index (χ0n) is 31.4. The number of carbonyl (C=O) groups is 1. The molecule has 0 spiro atoms. The first-order valence-corrected chi connectivity index (χ1v) is 12.2. The number of nitrogens with zero attached hydrogens (tertiary/aromatic N) is 4. The van der Waals surface area contributed by atoms with E-state index < -0.39 is 44.8 Å². The van der Waals surface area contributed by atoms with Crippen molar-refractivity contribution in [2.45, 2.75) is 19.9 Å². The standard InChI is InChI=1S/C31H30ClN5O3/c1-4-39-30-17-28-26(15-21(30)14-25(38)9-7-13-37(2)3)31(22(18-33)19-35-28)36-23-10-11-29(27(32)16-23)40-20-24-8-5-6-12-34-24/h5-12,15-17,19H,4,13-14,20H2,1-3H3,(H,35,36)/b9-7+/i2D3,4D2,7D,13D2,20D2. The highest BCUT2D eigenvalue weighted by molar-refractivity contribution is 6.32. The van der Waals surface area contributed by atoms with Crippen LogP contribution in [0.3, 0.4) is 0 Å². The second-order valence-corrected chi connectivity index (χ2v) is 8.64. The molecule has 2 aromatic heterocycles. The SMILES string of the molecule is [2H]/C(=C\C(=O)Cc1cc2c(Nc3ccc(OC([2H])([2H])c4ccccn4)c(Cl)c3)c(C#N)cnc2cc1OC([2H])([2H])C)C([2H])([2H])N(C)C([2H])([2H])[2H]. The zero-order chi connectivity index (χ0) is 37.2. The molecule has 2 aromatic carbocycles. The molecule has 0 saturated carbocycles. The topological polar surface area (TPSA) is 100 Å². The molecule has 0 radical (unpaired) electrons. The Balaban J connectivity index is 1.73. The van der Waals surface area contributed by atoms with Crippen LogP contribution in [0.15, 0.2) is 73.1 Å². The van der Waals surface area contributed by atoms with Crippen molar-refractivity contribution in [3.63, 3.8) is 0 Å². The molecule has 40 heavy (non-hydrogen) atoms. The van der Waals surface area contributed by atoms with Crippen LogP contribution in [-0.2, 0) is 17.8 Å². The van der Waals surface area contributed by atoms with Gasteiger partial charge in [-0.3, -0.25) is 14.8 Å². The van der Waals surface area contributed by atoms with Crippen molar-refractivity contribution in [3.05, 3.63) is 94.9 Å². The van der Waals surface area contributed by atoms with Crippen molar-refractivity contribution in [1.29, 1.82) is 5.26 Å². The maximum atomic E-state index is 13.1. The Morgan fingerprint density at radius 2 is 2.12 bits per heavy atom. The number of rotatable bonds is 12. The Bertz CT molecular complexity index is 1980. The number of aromatic nitrogens is 2. The summed E-state index contributed by atoms with van der Waals surface area (Å²) in [7, 11) is 0.959. The van der Waals surface area contributed by atoms with Crippen LogP contribution in [0.25, 0.3) is 10.9 Å². The minimum absolute atomic E-state index is 0.0145. The Morgan fingerprint density at radius 3 is 2.85 bits per heavy atom. The van der Waals surface area contributed by atoms with Gasteiger partial charge in [-0.05, 0) is 63.4 Å². The molecule has 0 amide bonds. The van der Waals surface area contributed by atoms with E-state index in [0.29, 0.717) is 22.0 Å². The van der Waals surface area contributed by atoms with Gasteiger partial charge in [-0.15, -0.1) is 0 Å². The van der Waals surface area contributed by atoms with Gasteiger partial charge < -0.3 is 19.7 Å². The first-order valence-electron chi connectivity index (χ1n) is 16.8. The third-order valence-corrected chi connectivity index (χ3v) is 5.64. The second-order valence-electron chi connectivity index (χ2n) is 8.23. The molecule has 1 N–H and O–H groups in total. The predicted molar refractivity (Wildman–Crippen MR) is 157 cm³/mol. The van der Waals surface area contributed by atoms with Crippen LogP contribution in [0.4, 0.5) is 11.4 Å². The lowest BCUT2D eigenvalue weighted by molar-refractivity contribution is -0.114. The number of allylic oxidation sites excluding steroid dienone is 1. The van der Waals surface area contributed by atoms with Crippen LogP contribution in [0.5, 0.6) is 11.5 Å². The molecule has 0 aliphatic rings. The minimum Gasteiger partial charge on any atom is -0.494 e. The molecule has 0 fully saturated rings. The van der Waals surface area contributed by atoms with Gasteiger partial charge in [-0.2, -0.15) is 5.26 Å². The number of hydrogen-bond acceptors (Lipinski definition) is 8. The van der Waals surface area contributed by atoms with Crippen molar-refractivity contribution in [3.8, 4) is 17.6 Å². The fraction of sp³-hybridized carbons (Fsp3) is 0.226. The van der Waals surface area contributed by atoms with Crippen molar-refractivity contribution >= 4 is 39.7 Å². The normalized spacial score (nSPS) is 16.4. The average Bonchev–Trinajstić information content (AvgIpc) is 3.01. The van der Waals surface area contributed by atoms with Crippen molar-refractivity contribution in [2.24, 2.45) is 0 Å². The summed E-state index contributed by atoms with van der Waals surface area (Å²) in [5.41, 5.74) is 1.02. The molecule has 0 aliphatic carbocycles. The maximum absolute atomic E-state index is 13.1. The highest BCUT2D eigenvalue weighted by Gasteiger charge is 2.16. The number of ether oxygens (including phenoxy) is 2. The number of pyridine rings is 2. The van der Waals surface area contributed by atoms with Crippen LogP contribution in [0, 0.1) is 11.3 Å². The minimum atomic E-state index is -2.89. The molecular weight excluding hydrogens is 526 g/mol. The van der Waals surface area contributed by atoms with E-state index in [-0.39, 0.29) is 44.5 Å². The Kier molecular flexibility index (Phi) is 6.10. The Labute approximate surface area is 252 Å². The van der Waals surface area contributed by atoms with E-state index in [2.05, 4.69) is 15.3 Å². The first kappa shape index (κ1) is 18.0. The monoisotopic (exact) mass is 565 g/mol. The fourth-order valence-electron chi connectivity index (χ4n) is 3.61. The third kappa shape index (κ3) is 7.35. The van der Waals surface area contributed by atoms with Gasteiger partial charge in [0, 0.05) is 54.9 Å². The average molecular weight is 566 g/mol. The summed E-state index contributed by atoms with van der Waals surface area (Å²) < 4.78 is 90.1. The number of carbonyl (C=O) groups excluding carboxylic acids is 1. The van der Waals surface area contributed by atoms with Gasteiger partial charge in [-0.1, -0.05) is 23.7 Å². The molecule has 4 aromatic rings. The number of ketones is 1. The van der Waals surface area contributed by atoms with Gasteiger partial charge in [0.25, 0.3) is 0 Å². The number of likely N-dealkylation sites (N-methyl/N-ethyl adjacent to an activating group) is 1. The number of anilines is 2. The van der Waals surface area contributed by atoms with E-state index in [0.717, 1.165) is 14.0 Å². The highest BCUT2D eigenvalue weighted by Crippen LogP contribution is 2.36. The molecule has 4 rings (SSSR count). The number of nitrogens with one attached hydrogen (secondary N) is 1. The summed E-state index contributed by atoms with van der Waals surface area (Å²) in [5, 5.41) is 13.4. The third-order valence-electron chi connectivity index (χ3n) is 5.34. The van der Waals surface area contributed by atoms with Gasteiger partial charge >= 0.3 is 0 Å². The summed E-state index contributed by atoms with van der Waals surface area (Å²) in [6.45, 7) is -9.08. The molecule has 0 bridgehead atoms. The Hall–Kier alpha value is -4.45. The van der Waals surface area contributed by atoms with E-state index in [1.807, 2.05) is 6.07 Å². The maximum Gasteiger partial charge on any atom is 0.159 e. The van der Waals surface area contributed by atoms with E-state index in [9.17, 15) is 10.1 Å². The molecule has 9 heteroatoms. The summed E-state index contributed by atoms with van der Waals surface area (Å²) in [4.78, 5) is 21.8. The smallest absolute Gasteiger partial charge is 0.159 e. The van der Waals surface area contributed by atoms with Crippen LogP contribution >= 0.6 is 11.6 Å². The van der Waals surface area contributed by atoms with Crippen molar-refractivity contribution < 1.29 is 28.0 Å². The molecule has 2 heterocycles. The van der Waals surface area contributed by atoms with E-state index in [1.54, 1.807) is 12.1 Å². The number of halogens is 1. The first-order chi connectivity index (χ1) is 23.1. The molecule has 0 saturated heterocycles. The lowest BCUT2D eigenvalue weighted by Crippen LogP contribution is -2.11. The van der Waals surface area contributed by atoms with Gasteiger partial charge in [0.15, 0.2) is 5.78 Å². The molecule has 204 valence electrons. The largest absolute Gasteiger partial charge is 0.494 e. The molecule has 0 atom stereocenters. The summed E-state index contributed by atoms with van der Waals surface area (Å²) >= 11 is 6.46. The van der Waals surface area contributed by atoms with Gasteiger partial charge in [0.05, 0.1) is 40.9 Å². The van der Waals surface area contributed by atoms with Gasteiger partial charge in [0.1, 0.15) is 24.1 Å². The van der Waals surface area contributed by atoms with Crippen LogP contribution in [-0.4, -0.2) is 47.7 Å². The summed E-state index contributed by atoms with van der Waals surface area (Å²) in [6, 6.07) is 13.0. The van der Waals surface area contributed by atoms with Gasteiger partial charge in [-0.25, -0.2) is 0 Å². The molecular formula is C31H30ClN5O3. The van der Waals surface area contributed by atoms with Crippen molar-refractivity contribution in [1.82, 2.24) is 14.9 Å². The van der Waals surface area contributed by atoms with Crippen LogP contribution in [0.1, 0.15) is 37.5 Å². The molecule has 8 nitrogen and oxygen atoms in total. The van der Waals surface area contributed by atoms with E-state index in [1.165, 1.54) is 48.8 Å². The molecule has 0 aliphatic heterocycles. The lowest BCUT2D eigenvalue weighted by atomic mass is 10.0. The fourth-order valence-corrected chi connectivity index (χ4v) is 3.83. The molecule has 0 unspecified atom stereocenters. The van der Waals surface area contributed by atoms with Gasteiger partial charge in [0.2, 0.25) is 0 Å².